The van der Waals surface area contributed by atoms with Gasteiger partial charge < -0.3 is 5.11 Å². The summed E-state index contributed by atoms with van der Waals surface area (Å²) < 4.78 is 1.16. The van der Waals surface area contributed by atoms with E-state index < -0.39 is 5.60 Å². The molecule has 1 unspecified atom stereocenters. The highest BCUT2D eigenvalue weighted by Crippen LogP contribution is 2.36. The van der Waals surface area contributed by atoms with Crippen molar-refractivity contribution >= 4 is 27.3 Å². The van der Waals surface area contributed by atoms with Gasteiger partial charge in [0.1, 0.15) is 0 Å². The smallest absolute Gasteiger partial charge is 0.0834 e. The van der Waals surface area contributed by atoms with Crippen molar-refractivity contribution in [3.8, 4) is 0 Å². The van der Waals surface area contributed by atoms with Crippen LogP contribution in [-0.2, 0) is 6.42 Å². The molecular formula is C12H16BrNOS. The molecule has 1 aromatic heterocycles. The molecule has 16 heavy (non-hydrogen) atoms. The van der Waals surface area contributed by atoms with Gasteiger partial charge in [-0.1, -0.05) is 0 Å². The Hall–Kier alpha value is 0.1000. The molecule has 0 aromatic carbocycles. The number of aliphatic hydroxyl groups is 1. The summed E-state index contributed by atoms with van der Waals surface area (Å²) in [6.45, 7) is 1.95. The molecule has 2 heterocycles. The van der Waals surface area contributed by atoms with E-state index >= 15 is 0 Å². The second-order valence-corrected chi connectivity index (χ2v) is 7.61. The van der Waals surface area contributed by atoms with Gasteiger partial charge in [0.05, 0.1) is 9.39 Å². The molecule has 2 nitrogen and oxygen atoms in total. The third-order valence-corrected chi connectivity index (χ3v) is 5.18. The maximum absolute atomic E-state index is 10.6. The molecule has 3 rings (SSSR count). The summed E-state index contributed by atoms with van der Waals surface area (Å²) >= 11 is 5.21. The molecule has 1 atom stereocenters. The van der Waals surface area contributed by atoms with Crippen molar-refractivity contribution in [3.05, 3.63) is 20.8 Å². The Balaban J connectivity index is 1.65. The fourth-order valence-corrected chi connectivity index (χ4v) is 4.17. The minimum atomic E-state index is -0.479. The van der Waals surface area contributed by atoms with Gasteiger partial charge in [0.25, 0.3) is 0 Å². The number of thiophene rings is 1. The van der Waals surface area contributed by atoms with Crippen LogP contribution in [0.4, 0.5) is 0 Å². The van der Waals surface area contributed by atoms with E-state index in [-0.39, 0.29) is 0 Å². The summed E-state index contributed by atoms with van der Waals surface area (Å²) in [5, 5.41) is 10.6. The van der Waals surface area contributed by atoms with Crippen molar-refractivity contribution < 1.29 is 5.11 Å². The maximum atomic E-state index is 10.6. The molecule has 88 valence electrons. The van der Waals surface area contributed by atoms with Gasteiger partial charge in [-0.15, -0.1) is 11.3 Å². The van der Waals surface area contributed by atoms with Gasteiger partial charge in [-0.05, 0) is 47.3 Å². The van der Waals surface area contributed by atoms with Crippen LogP contribution < -0.4 is 0 Å². The van der Waals surface area contributed by atoms with Crippen molar-refractivity contribution in [2.24, 2.45) is 0 Å². The second-order valence-electron chi connectivity index (χ2n) is 5.06. The van der Waals surface area contributed by atoms with Crippen LogP contribution in [0.5, 0.6) is 0 Å². The number of hydrogen-bond acceptors (Lipinski definition) is 3. The summed E-state index contributed by atoms with van der Waals surface area (Å²) in [7, 11) is 0. The zero-order valence-electron chi connectivity index (χ0n) is 9.16. The van der Waals surface area contributed by atoms with Crippen LogP contribution in [0.15, 0.2) is 15.9 Å². The van der Waals surface area contributed by atoms with Gasteiger partial charge in [-0.2, -0.15) is 0 Å². The largest absolute Gasteiger partial charge is 0.388 e. The molecular weight excluding hydrogens is 286 g/mol. The highest BCUT2D eigenvalue weighted by atomic mass is 79.9. The predicted octanol–water partition coefficient (Wildman–Crippen LogP) is 2.65. The standard InChI is InChI=1S/C12H16BrNOS/c13-11-4-3-10(16-11)7-12(15)5-6-14(8-12)9-1-2-9/h3-4,9,15H,1-2,5-8H2. The summed E-state index contributed by atoms with van der Waals surface area (Å²) in [5.74, 6) is 0. The van der Waals surface area contributed by atoms with E-state index in [1.807, 2.05) is 0 Å². The first-order valence-electron chi connectivity index (χ1n) is 5.85. The van der Waals surface area contributed by atoms with Crippen LogP contribution in [0.3, 0.4) is 0 Å². The normalized spacial score (nSPS) is 31.1. The number of halogens is 1. The van der Waals surface area contributed by atoms with Crippen LogP contribution >= 0.6 is 27.3 Å². The minimum Gasteiger partial charge on any atom is -0.388 e. The molecule has 2 fully saturated rings. The fraction of sp³-hybridized carbons (Fsp3) is 0.667. The molecule has 1 saturated heterocycles. The summed E-state index contributed by atoms with van der Waals surface area (Å²) in [6, 6.07) is 4.97. The van der Waals surface area contributed by atoms with E-state index in [4.69, 9.17) is 0 Å². The Bertz CT molecular complexity index is 390. The van der Waals surface area contributed by atoms with E-state index in [1.165, 1.54) is 17.7 Å². The van der Waals surface area contributed by atoms with E-state index in [0.29, 0.717) is 0 Å². The van der Waals surface area contributed by atoms with Crippen molar-refractivity contribution in [2.75, 3.05) is 13.1 Å². The van der Waals surface area contributed by atoms with Crippen molar-refractivity contribution in [3.63, 3.8) is 0 Å². The average Bonchev–Trinajstić information content (AvgIpc) is 2.90. The number of β-amino-alcohol motifs (C(OH)–C–C–N with tert-alkyl or cyclic N) is 1. The van der Waals surface area contributed by atoms with E-state index in [1.54, 1.807) is 11.3 Å². The molecule has 4 heteroatoms. The van der Waals surface area contributed by atoms with Crippen LogP contribution in [0.25, 0.3) is 0 Å². The zero-order chi connectivity index (χ0) is 11.2. The van der Waals surface area contributed by atoms with E-state index in [2.05, 4.69) is 33.0 Å². The van der Waals surface area contributed by atoms with E-state index in [9.17, 15) is 5.11 Å². The Labute approximate surface area is 108 Å². The van der Waals surface area contributed by atoms with Gasteiger partial charge in [0.15, 0.2) is 0 Å². The molecule has 0 amide bonds. The third kappa shape index (κ3) is 2.35. The molecule has 1 aliphatic heterocycles. The number of likely N-dealkylation sites (tertiary alicyclic amines) is 1. The highest BCUT2D eigenvalue weighted by Gasteiger charge is 2.42. The van der Waals surface area contributed by atoms with Crippen molar-refractivity contribution in [1.82, 2.24) is 4.90 Å². The molecule has 2 aliphatic rings. The lowest BCUT2D eigenvalue weighted by Gasteiger charge is -2.22. The molecule has 0 bridgehead atoms. The van der Waals surface area contributed by atoms with Gasteiger partial charge in [0.2, 0.25) is 0 Å². The molecule has 1 N–H and O–H groups in total. The summed E-state index contributed by atoms with van der Waals surface area (Å²) in [6.07, 6.45) is 4.41. The average molecular weight is 302 g/mol. The first kappa shape index (κ1) is 11.2. The van der Waals surface area contributed by atoms with Crippen LogP contribution in [0.1, 0.15) is 24.1 Å². The fourth-order valence-electron chi connectivity index (χ4n) is 2.55. The summed E-state index contributed by atoms with van der Waals surface area (Å²) in [5.41, 5.74) is -0.479. The minimum absolute atomic E-state index is 0.479. The van der Waals surface area contributed by atoms with Crippen LogP contribution in [-0.4, -0.2) is 34.7 Å². The van der Waals surface area contributed by atoms with Gasteiger partial charge in [-0.25, -0.2) is 0 Å². The SMILES string of the molecule is OC1(Cc2ccc(Br)s2)CCN(C2CC2)C1. The van der Waals surface area contributed by atoms with Crippen LogP contribution in [0.2, 0.25) is 0 Å². The first-order chi connectivity index (χ1) is 7.65. The monoisotopic (exact) mass is 301 g/mol. The first-order valence-corrected chi connectivity index (χ1v) is 7.46. The molecule has 0 radical (unpaired) electrons. The van der Waals surface area contributed by atoms with Crippen LogP contribution in [0, 0.1) is 0 Å². The molecule has 1 aromatic rings. The van der Waals surface area contributed by atoms with E-state index in [0.717, 1.165) is 35.8 Å². The highest BCUT2D eigenvalue weighted by molar-refractivity contribution is 9.11. The van der Waals surface area contributed by atoms with Gasteiger partial charge in [-0.3, -0.25) is 4.90 Å². The Morgan fingerprint density at radius 2 is 2.31 bits per heavy atom. The molecule has 1 aliphatic carbocycles. The lowest BCUT2D eigenvalue weighted by molar-refractivity contribution is 0.0495. The Morgan fingerprint density at radius 1 is 1.50 bits per heavy atom. The van der Waals surface area contributed by atoms with Crippen molar-refractivity contribution in [1.29, 1.82) is 0 Å². The number of nitrogens with zero attached hydrogens (tertiary/aromatic N) is 1. The Morgan fingerprint density at radius 3 is 2.94 bits per heavy atom. The lowest BCUT2D eigenvalue weighted by Crippen LogP contribution is -2.35. The molecule has 1 saturated carbocycles. The number of hydrogen-bond donors (Lipinski definition) is 1. The molecule has 0 spiro atoms. The number of rotatable bonds is 3. The maximum Gasteiger partial charge on any atom is 0.0834 e. The zero-order valence-corrected chi connectivity index (χ0v) is 11.6. The topological polar surface area (TPSA) is 23.5 Å². The van der Waals surface area contributed by atoms with Gasteiger partial charge in [0, 0.05) is 30.4 Å². The van der Waals surface area contributed by atoms with Gasteiger partial charge >= 0.3 is 0 Å². The second kappa shape index (κ2) is 4.09. The van der Waals surface area contributed by atoms with Crippen molar-refractivity contribution in [2.45, 2.75) is 37.3 Å². The quantitative estimate of drug-likeness (QED) is 0.928. The lowest BCUT2D eigenvalue weighted by atomic mass is 9.98. The summed E-state index contributed by atoms with van der Waals surface area (Å²) in [4.78, 5) is 3.75. The third-order valence-electron chi connectivity index (χ3n) is 3.56. The Kier molecular flexibility index (Phi) is 2.86. The predicted molar refractivity (Wildman–Crippen MR) is 69.9 cm³/mol.